The monoisotopic (exact) mass is 388 g/mol. The van der Waals surface area contributed by atoms with Crippen LogP contribution in [-0.4, -0.2) is 18.1 Å². The van der Waals surface area contributed by atoms with Gasteiger partial charge in [0, 0.05) is 13.1 Å². The molecule has 1 saturated heterocycles. The van der Waals surface area contributed by atoms with Crippen LogP contribution in [0.3, 0.4) is 0 Å². The number of nitrogens with zero attached hydrogens (tertiary/aromatic N) is 2. The summed E-state index contributed by atoms with van der Waals surface area (Å²) in [6.07, 6.45) is 14.2. The number of fused-ring (bicyclic) bond motifs is 5. The minimum Gasteiger partial charge on any atom is -0.261 e. The second-order valence-electron chi connectivity index (χ2n) is 11.7. The maximum absolute atomic E-state index is 11.0. The summed E-state index contributed by atoms with van der Waals surface area (Å²) in [6, 6.07) is 0. The van der Waals surface area contributed by atoms with Gasteiger partial charge in [-0.25, -0.2) is 0 Å². The van der Waals surface area contributed by atoms with E-state index in [9.17, 15) is 4.91 Å². The molecule has 4 fully saturated rings. The lowest BCUT2D eigenvalue weighted by Crippen LogP contribution is -2.51. The van der Waals surface area contributed by atoms with Crippen molar-refractivity contribution in [3.05, 3.63) is 4.91 Å². The van der Waals surface area contributed by atoms with Gasteiger partial charge in [-0.3, -0.25) is 5.01 Å². The Bertz CT molecular complexity index is 549. The maximum Gasteiger partial charge on any atom is 0.0524 e. The van der Waals surface area contributed by atoms with E-state index in [-0.39, 0.29) is 0 Å². The number of hydrogen-bond donors (Lipinski definition) is 0. The van der Waals surface area contributed by atoms with Crippen molar-refractivity contribution in [1.29, 1.82) is 0 Å². The molecule has 0 bridgehead atoms. The standard InChI is InChI=1S/C25H44N2O/c1-17(2)6-5-7-18(3)23-10-11-24-22-9-8-19-16-27(26-28)15-13-20(19)21(22)12-14-25(23,24)4/h17-24H,5-16H2,1-4H3/t18-,19-,20-,21-,22-,23-,24-,25+/m0/s1. The van der Waals surface area contributed by atoms with Gasteiger partial charge in [0.05, 0.1) is 5.29 Å². The highest BCUT2D eigenvalue weighted by atomic mass is 16.3. The fourth-order valence-corrected chi connectivity index (χ4v) is 8.67. The quantitative estimate of drug-likeness (QED) is 0.463. The van der Waals surface area contributed by atoms with Gasteiger partial charge in [-0.05, 0) is 97.7 Å². The van der Waals surface area contributed by atoms with Gasteiger partial charge >= 0.3 is 0 Å². The Labute approximate surface area is 173 Å². The zero-order chi connectivity index (χ0) is 19.9. The molecule has 28 heavy (non-hydrogen) atoms. The Balaban J connectivity index is 1.41. The number of piperidine rings is 1. The van der Waals surface area contributed by atoms with Gasteiger partial charge < -0.3 is 0 Å². The highest BCUT2D eigenvalue weighted by molar-refractivity contribution is 5.06. The van der Waals surface area contributed by atoms with Gasteiger partial charge in [-0.2, -0.15) is 0 Å². The molecule has 4 rings (SSSR count). The first kappa shape index (κ1) is 20.7. The van der Waals surface area contributed by atoms with Crippen LogP contribution in [0.15, 0.2) is 5.29 Å². The molecule has 0 radical (unpaired) electrons. The third-order valence-corrected chi connectivity index (χ3v) is 10.0. The molecule has 8 atom stereocenters. The summed E-state index contributed by atoms with van der Waals surface area (Å²) in [5.74, 6) is 7.24. The van der Waals surface area contributed by atoms with Crippen LogP contribution in [0, 0.1) is 57.7 Å². The summed E-state index contributed by atoms with van der Waals surface area (Å²) >= 11 is 0. The first-order chi connectivity index (χ1) is 13.4. The van der Waals surface area contributed by atoms with Crippen LogP contribution in [0.1, 0.15) is 91.9 Å². The summed E-state index contributed by atoms with van der Waals surface area (Å²) in [5, 5.41) is 5.06. The Morgan fingerprint density at radius 3 is 2.54 bits per heavy atom. The Kier molecular flexibility index (Phi) is 6.10. The van der Waals surface area contributed by atoms with Gasteiger partial charge in [0.15, 0.2) is 0 Å². The molecular formula is C25H44N2O. The average Bonchev–Trinajstić information content (AvgIpc) is 3.04. The van der Waals surface area contributed by atoms with Crippen molar-refractivity contribution in [1.82, 2.24) is 5.01 Å². The molecule has 3 saturated carbocycles. The number of hydrogen-bond acceptors (Lipinski definition) is 2. The maximum atomic E-state index is 11.0. The SMILES string of the molecule is CC(C)CCC[C@H](C)[C@@H]1CC[C@H]2[C@H]3CC[C@H]4CN(N=O)CC[C@@H]4[C@@H]3CC[C@@]21C. The molecule has 0 aromatic heterocycles. The van der Waals surface area contributed by atoms with Crippen molar-refractivity contribution < 1.29 is 0 Å². The molecule has 3 heteroatoms. The molecule has 1 heterocycles. The highest BCUT2D eigenvalue weighted by Crippen LogP contribution is 2.65. The molecule has 160 valence electrons. The van der Waals surface area contributed by atoms with Crippen molar-refractivity contribution in [2.24, 2.45) is 58.0 Å². The van der Waals surface area contributed by atoms with E-state index in [1.165, 1.54) is 64.2 Å². The molecule has 3 aliphatic carbocycles. The van der Waals surface area contributed by atoms with Crippen molar-refractivity contribution in [2.45, 2.75) is 91.9 Å². The molecule has 0 N–H and O–H groups in total. The van der Waals surface area contributed by atoms with Crippen LogP contribution < -0.4 is 0 Å². The summed E-state index contributed by atoms with van der Waals surface area (Å²) < 4.78 is 0. The molecular weight excluding hydrogens is 344 g/mol. The second-order valence-corrected chi connectivity index (χ2v) is 11.7. The zero-order valence-corrected chi connectivity index (χ0v) is 18.9. The summed E-state index contributed by atoms with van der Waals surface area (Å²) in [7, 11) is 0. The lowest BCUT2D eigenvalue weighted by atomic mass is 9.50. The van der Waals surface area contributed by atoms with Crippen molar-refractivity contribution in [2.75, 3.05) is 13.1 Å². The van der Waals surface area contributed by atoms with Crippen molar-refractivity contribution in [3.63, 3.8) is 0 Å². The van der Waals surface area contributed by atoms with Gasteiger partial charge in [0.1, 0.15) is 0 Å². The Morgan fingerprint density at radius 2 is 1.79 bits per heavy atom. The molecule has 4 aliphatic rings. The first-order valence-electron chi connectivity index (χ1n) is 12.5. The molecule has 1 aliphatic heterocycles. The first-order valence-corrected chi connectivity index (χ1v) is 12.5. The lowest BCUT2D eigenvalue weighted by molar-refractivity contribution is -0.0783. The number of nitroso groups, excluding NO2 is 1. The molecule has 3 nitrogen and oxygen atoms in total. The van der Waals surface area contributed by atoms with Crippen LogP contribution in [-0.2, 0) is 0 Å². The molecule has 0 aromatic rings. The van der Waals surface area contributed by atoms with E-state index in [1.807, 2.05) is 0 Å². The van der Waals surface area contributed by atoms with E-state index in [1.54, 1.807) is 5.01 Å². The molecule has 0 amide bonds. The van der Waals surface area contributed by atoms with E-state index < -0.39 is 0 Å². The van der Waals surface area contributed by atoms with Crippen LogP contribution in [0.25, 0.3) is 0 Å². The van der Waals surface area contributed by atoms with Gasteiger partial charge in [0.25, 0.3) is 0 Å². The van der Waals surface area contributed by atoms with Gasteiger partial charge in [0.2, 0.25) is 0 Å². The minimum absolute atomic E-state index is 0.607. The predicted octanol–water partition coefficient (Wildman–Crippen LogP) is 6.92. The summed E-state index contributed by atoms with van der Waals surface area (Å²) in [6.45, 7) is 11.8. The van der Waals surface area contributed by atoms with Gasteiger partial charge in [-0.1, -0.05) is 47.0 Å². The lowest BCUT2D eigenvalue weighted by Gasteiger charge is -2.56. The predicted molar refractivity (Wildman–Crippen MR) is 117 cm³/mol. The summed E-state index contributed by atoms with van der Waals surface area (Å²) in [5.41, 5.74) is 0.607. The topological polar surface area (TPSA) is 32.7 Å². The molecule has 0 unspecified atom stereocenters. The Morgan fingerprint density at radius 1 is 0.964 bits per heavy atom. The van der Waals surface area contributed by atoms with E-state index in [2.05, 4.69) is 33.0 Å². The average molecular weight is 389 g/mol. The fraction of sp³-hybridized carbons (Fsp3) is 1.00. The largest absolute Gasteiger partial charge is 0.261 e. The minimum atomic E-state index is 0.607. The number of rotatable bonds is 6. The smallest absolute Gasteiger partial charge is 0.0524 e. The van der Waals surface area contributed by atoms with Crippen molar-refractivity contribution in [3.8, 4) is 0 Å². The van der Waals surface area contributed by atoms with Gasteiger partial charge in [-0.15, -0.1) is 4.91 Å². The van der Waals surface area contributed by atoms with Crippen LogP contribution in [0.2, 0.25) is 0 Å². The second kappa shape index (κ2) is 8.26. The van der Waals surface area contributed by atoms with E-state index >= 15 is 0 Å². The normalized spacial score (nSPS) is 44.0. The molecule has 0 spiro atoms. The van der Waals surface area contributed by atoms with Crippen LogP contribution >= 0.6 is 0 Å². The molecule has 0 aromatic carbocycles. The van der Waals surface area contributed by atoms with Crippen LogP contribution in [0.5, 0.6) is 0 Å². The van der Waals surface area contributed by atoms with E-state index in [4.69, 9.17) is 0 Å². The fourth-order valence-electron chi connectivity index (χ4n) is 8.67. The third-order valence-electron chi connectivity index (χ3n) is 10.0. The van der Waals surface area contributed by atoms with E-state index in [0.717, 1.165) is 60.4 Å². The third kappa shape index (κ3) is 3.65. The summed E-state index contributed by atoms with van der Waals surface area (Å²) in [4.78, 5) is 11.0. The van der Waals surface area contributed by atoms with Crippen LogP contribution in [0.4, 0.5) is 0 Å². The Hall–Kier alpha value is -0.600. The zero-order valence-electron chi connectivity index (χ0n) is 18.9. The highest BCUT2D eigenvalue weighted by Gasteiger charge is 2.57. The van der Waals surface area contributed by atoms with Crippen molar-refractivity contribution >= 4 is 0 Å². The van der Waals surface area contributed by atoms with E-state index in [0.29, 0.717) is 5.41 Å².